The van der Waals surface area contributed by atoms with E-state index in [4.69, 9.17) is 4.74 Å². The standard InChI is InChI=1S/C16H22N4O3/c1-10-8-13(23-5)9-14(21)20(10)7-6-17-16(22)15-11(2)18-19(4)12(15)3/h8-9H,6-7H2,1-5H3,(H,17,22). The quantitative estimate of drug-likeness (QED) is 0.890. The molecule has 1 N–H and O–H groups in total. The van der Waals surface area contributed by atoms with Gasteiger partial charge in [-0.25, -0.2) is 0 Å². The predicted molar refractivity (Wildman–Crippen MR) is 87.0 cm³/mol. The first-order chi connectivity index (χ1) is 10.8. The highest BCUT2D eigenvalue weighted by atomic mass is 16.5. The van der Waals surface area contributed by atoms with Crippen LogP contribution in [0.3, 0.4) is 0 Å². The molecule has 7 heteroatoms. The van der Waals surface area contributed by atoms with Crippen LogP contribution in [0.15, 0.2) is 16.9 Å². The molecule has 2 rings (SSSR count). The number of amides is 1. The molecule has 0 aliphatic rings. The maximum atomic E-state index is 12.3. The van der Waals surface area contributed by atoms with Crippen molar-refractivity contribution in [3.05, 3.63) is 45.1 Å². The normalized spacial score (nSPS) is 10.7. The molecule has 0 aromatic carbocycles. The average molecular weight is 318 g/mol. The van der Waals surface area contributed by atoms with Crippen LogP contribution in [0.25, 0.3) is 0 Å². The number of rotatable bonds is 5. The van der Waals surface area contributed by atoms with E-state index in [1.165, 1.54) is 13.2 Å². The number of hydrogen-bond acceptors (Lipinski definition) is 4. The van der Waals surface area contributed by atoms with E-state index < -0.39 is 0 Å². The highest BCUT2D eigenvalue weighted by Crippen LogP contribution is 2.11. The van der Waals surface area contributed by atoms with Gasteiger partial charge in [0.15, 0.2) is 0 Å². The highest BCUT2D eigenvalue weighted by Gasteiger charge is 2.16. The van der Waals surface area contributed by atoms with E-state index in [2.05, 4.69) is 10.4 Å². The number of methoxy groups -OCH3 is 1. The van der Waals surface area contributed by atoms with E-state index in [-0.39, 0.29) is 11.5 Å². The van der Waals surface area contributed by atoms with E-state index in [1.807, 2.05) is 13.8 Å². The molecule has 0 aliphatic carbocycles. The summed E-state index contributed by atoms with van der Waals surface area (Å²) in [6.45, 7) is 6.26. The summed E-state index contributed by atoms with van der Waals surface area (Å²) in [7, 11) is 3.33. The summed E-state index contributed by atoms with van der Waals surface area (Å²) < 4.78 is 8.35. The van der Waals surface area contributed by atoms with Crippen LogP contribution in [-0.4, -0.2) is 33.9 Å². The van der Waals surface area contributed by atoms with Crippen molar-refractivity contribution in [1.82, 2.24) is 19.7 Å². The number of aryl methyl sites for hydroxylation is 3. The van der Waals surface area contributed by atoms with Crippen LogP contribution in [0.5, 0.6) is 5.75 Å². The fourth-order valence-corrected chi connectivity index (χ4v) is 2.58. The SMILES string of the molecule is COc1cc(C)n(CCNC(=O)c2c(C)nn(C)c2C)c(=O)c1. The summed E-state index contributed by atoms with van der Waals surface area (Å²) >= 11 is 0. The largest absolute Gasteiger partial charge is 0.496 e. The molecule has 23 heavy (non-hydrogen) atoms. The van der Waals surface area contributed by atoms with Gasteiger partial charge in [-0.2, -0.15) is 5.10 Å². The van der Waals surface area contributed by atoms with Crippen LogP contribution >= 0.6 is 0 Å². The number of hydrogen-bond donors (Lipinski definition) is 1. The first kappa shape index (κ1) is 16.8. The lowest BCUT2D eigenvalue weighted by atomic mass is 10.2. The average Bonchev–Trinajstić information content (AvgIpc) is 2.74. The molecule has 1 amide bonds. The number of nitrogens with zero attached hydrogens (tertiary/aromatic N) is 3. The Hall–Kier alpha value is -2.57. The summed E-state index contributed by atoms with van der Waals surface area (Å²) in [5, 5.41) is 7.07. The molecule has 0 saturated carbocycles. The molecule has 0 spiro atoms. The van der Waals surface area contributed by atoms with Crippen LogP contribution < -0.4 is 15.6 Å². The smallest absolute Gasteiger partial charge is 0.255 e. The van der Waals surface area contributed by atoms with Crippen LogP contribution in [0, 0.1) is 20.8 Å². The Morgan fingerprint density at radius 3 is 2.52 bits per heavy atom. The van der Waals surface area contributed by atoms with Crippen LogP contribution in [0.1, 0.15) is 27.4 Å². The van der Waals surface area contributed by atoms with Gasteiger partial charge in [-0.3, -0.25) is 14.3 Å². The van der Waals surface area contributed by atoms with Crippen molar-refractivity contribution in [2.24, 2.45) is 7.05 Å². The van der Waals surface area contributed by atoms with E-state index in [9.17, 15) is 9.59 Å². The summed E-state index contributed by atoms with van der Waals surface area (Å²) in [6, 6.07) is 3.23. The molecule has 124 valence electrons. The third kappa shape index (κ3) is 3.44. The Morgan fingerprint density at radius 2 is 2.00 bits per heavy atom. The lowest BCUT2D eigenvalue weighted by Gasteiger charge is -2.12. The summed E-state index contributed by atoms with van der Waals surface area (Å²) in [5.41, 5.74) is 2.74. The fraction of sp³-hybridized carbons (Fsp3) is 0.438. The Kier molecular flexibility index (Phi) is 4.88. The van der Waals surface area contributed by atoms with Crippen LogP contribution in [0.2, 0.25) is 0 Å². The topological polar surface area (TPSA) is 78.2 Å². The molecule has 2 aromatic rings. The third-order valence-electron chi connectivity index (χ3n) is 3.90. The van der Waals surface area contributed by atoms with Crippen LogP contribution in [-0.2, 0) is 13.6 Å². The number of carbonyl (C=O) groups excluding carboxylic acids is 1. The Morgan fingerprint density at radius 1 is 1.30 bits per heavy atom. The van der Waals surface area contributed by atoms with Gasteiger partial charge in [0.25, 0.3) is 11.5 Å². The molecule has 7 nitrogen and oxygen atoms in total. The molecule has 0 aliphatic heterocycles. The van der Waals surface area contributed by atoms with Gasteiger partial charge in [0.05, 0.1) is 18.4 Å². The molecule has 0 radical (unpaired) electrons. The number of aromatic nitrogens is 3. The number of carbonyl (C=O) groups is 1. The maximum Gasteiger partial charge on any atom is 0.255 e. The summed E-state index contributed by atoms with van der Waals surface area (Å²) in [6.07, 6.45) is 0. The number of pyridine rings is 1. The molecule has 0 atom stereocenters. The van der Waals surface area contributed by atoms with Crippen molar-refractivity contribution in [2.45, 2.75) is 27.3 Å². The Balaban J connectivity index is 2.06. The lowest BCUT2D eigenvalue weighted by molar-refractivity contribution is 0.0950. The highest BCUT2D eigenvalue weighted by molar-refractivity contribution is 5.96. The van der Waals surface area contributed by atoms with Gasteiger partial charge in [0, 0.05) is 37.6 Å². The number of nitrogens with one attached hydrogen (secondary N) is 1. The summed E-state index contributed by atoms with van der Waals surface area (Å²) in [5.74, 6) is 0.363. The summed E-state index contributed by atoms with van der Waals surface area (Å²) in [4.78, 5) is 24.3. The first-order valence-corrected chi connectivity index (χ1v) is 7.39. The fourth-order valence-electron chi connectivity index (χ4n) is 2.58. The molecular formula is C16H22N4O3. The minimum Gasteiger partial charge on any atom is -0.496 e. The molecule has 0 fully saturated rings. The first-order valence-electron chi connectivity index (χ1n) is 7.39. The molecule has 0 saturated heterocycles. The van der Waals surface area contributed by atoms with E-state index in [0.717, 1.165) is 11.4 Å². The molecule has 2 heterocycles. The molecule has 2 aromatic heterocycles. The minimum absolute atomic E-state index is 0.148. The maximum absolute atomic E-state index is 12.3. The zero-order valence-corrected chi connectivity index (χ0v) is 14.1. The van der Waals surface area contributed by atoms with Gasteiger partial charge >= 0.3 is 0 Å². The van der Waals surface area contributed by atoms with E-state index in [1.54, 1.807) is 29.3 Å². The molecule has 0 bridgehead atoms. The van der Waals surface area contributed by atoms with Gasteiger partial charge in [-0.15, -0.1) is 0 Å². The van der Waals surface area contributed by atoms with E-state index in [0.29, 0.717) is 30.1 Å². The molecule has 0 unspecified atom stereocenters. The second kappa shape index (κ2) is 6.68. The second-order valence-corrected chi connectivity index (χ2v) is 5.45. The molecular weight excluding hydrogens is 296 g/mol. The van der Waals surface area contributed by atoms with Crippen molar-refractivity contribution >= 4 is 5.91 Å². The van der Waals surface area contributed by atoms with Gasteiger partial charge in [0.1, 0.15) is 5.75 Å². The van der Waals surface area contributed by atoms with Gasteiger partial charge in [0.2, 0.25) is 0 Å². The Labute approximate surface area is 134 Å². The van der Waals surface area contributed by atoms with Crippen molar-refractivity contribution in [3.8, 4) is 5.75 Å². The van der Waals surface area contributed by atoms with Crippen molar-refractivity contribution in [1.29, 1.82) is 0 Å². The van der Waals surface area contributed by atoms with Gasteiger partial charge in [-0.05, 0) is 26.8 Å². The third-order valence-corrected chi connectivity index (χ3v) is 3.90. The van der Waals surface area contributed by atoms with Crippen molar-refractivity contribution < 1.29 is 9.53 Å². The van der Waals surface area contributed by atoms with Crippen molar-refractivity contribution in [3.63, 3.8) is 0 Å². The predicted octanol–water partition coefficient (Wildman–Crippen LogP) is 0.946. The van der Waals surface area contributed by atoms with Gasteiger partial charge < -0.3 is 14.6 Å². The van der Waals surface area contributed by atoms with Gasteiger partial charge in [-0.1, -0.05) is 0 Å². The number of ether oxygens (including phenoxy) is 1. The monoisotopic (exact) mass is 318 g/mol. The van der Waals surface area contributed by atoms with E-state index >= 15 is 0 Å². The Bertz CT molecular complexity index is 789. The van der Waals surface area contributed by atoms with Crippen LogP contribution in [0.4, 0.5) is 0 Å². The minimum atomic E-state index is -0.174. The zero-order valence-electron chi connectivity index (χ0n) is 14.1. The zero-order chi connectivity index (χ0) is 17.1. The lowest BCUT2D eigenvalue weighted by Crippen LogP contribution is -2.32. The second-order valence-electron chi connectivity index (χ2n) is 5.45. The van der Waals surface area contributed by atoms with Crippen molar-refractivity contribution in [2.75, 3.05) is 13.7 Å².